The summed E-state index contributed by atoms with van der Waals surface area (Å²) in [5, 5.41) is 3.18. The molecule has 1 saturated carbocycles. The lowest BCUT2D eigenvalue weighted by Crippen LogP contribution is -2.57. The van der Waals surface area contributed by atoms with Crippen LogP contribution in [0.2, 0.25) is 0 Å². The van der Waals surface area contributed by atoms with Gasteiger partial charge < -0.3 is 11.1 Å². The van der Waals surface area contributed by atoms with Gasteiger partial charge in [0.1, 0.15) is 0 Å². The lowest BCUT2D eigenvalue weighted by Gasteiger charge is -2.35. The van der Waals surface area contributed by atoms with Gasteiger partial charge in [0.2, 0.25) is 5.91 Å². The zero-order valence-corrected chi connectivity index (χ0v) is 12.1. The van der Waals surface area contributed by atoms with E-state index in [9.17, 15) is 4.79 Å². The molecule has 0 saturated heterocycles. The topological polar surface area (TPSA) is 55.1 Å². The zero-order valence-electron chi connectivity index (χ0n) is 12.1. The van der Waals surface area contributed by atoms with Gasteiger partial charge in [0.15, 0.2) is 0 Å². The van der Waals surface area contributed by atoms with Crippen molar-refractivity contribution < 1.29 is 4.79 Å². The van der Waals surface area contributed by atoms with Crippen LogP contribution in [0.1, 0.15) is 39.2 Å². The van der Waals surface area contributed by atoms with E-state index < -0.39 is 0 Å². The monoisotopic (exact) mass is 260 g/mol. The maximum Gasteiger partial charge on any atom is 0.231 e. The number of amides is 1. The van der Waals surface area contributed by atoms with Crippen molar-refractivity contribution in [2.24, 2.45) is 11.7 Å². The normalized spacial score (nSPS) is 19.8. The average Bonchev–Trinajstić information content (AvgIpc) is 3.21. The van der Waals surface area contributed by atoms with E-state index in [1.807, 2.05) is 37.3 Å². The lowest BCUT2D eigenvalue weighted by atomic mass is 9.86. The molecule has 0 aliphatic heterocycles. The summed E-state index contributed by atoms with van der Waals surface area (Å²) in [4.78, 5) is 12.6. The quantitative estimate of drug-likeness (QED) is 0.853. The van der Waals surface area contributed by atoms with Crippen LogP contribution in [0, 0.1) is 5.92 Å². The number of hydrogen-bond acceptors (Lipinski definition) is 2. The number of hydrogen-bond donors (Lipinski definition) is 2. The SMILES string of the molecule is CC(C)C(C)(CN)NC(=O)C1(c2ccccc2)CC1. The Morgan fingerprint density at radius 1 is 1.37 bits per heavy atom. The van der Waals surface area contributed by atoms with E-state index in [0.717, 1.165) is 18.4 Å². The van der Waals surface area contributed by atoms with Gasteiger partial charge in [-0.15, -0.1) is 0 Å². The minimum atomic E-state index is -0.332. The molecule has 1 aliphatic rings. The Bertz CT molecular complexity index is 451. The third-order valence-electron chi connectivity index (χ3n) is 4.61. The van der Waals surface area contributed by atoms with Crippen molar-refractivity contribution in [3.8, 4) is 0 Å². The van der Waals surface area contributed by atoms with Gasteiger partial charge in [0, 0.05) is 6.54 Å². The molecular weight excluding hydrogens is 236 g/mol. The van der Waals surface area contributed by atoms with Crippen LogP contribution in [0.15, 0.2) is 30.3 Å². The van der Waals surface area contributed by atoms with Gasteiger partial charge in [-0.2, -0.15) is 0 Å². The summed E-state index contributed by atoms with van der Waals surface area (Å²) in [6.07, 6.45) is 1.86. The zero-order chi connectivity index (χ0) is 14.1. The highest BCUT2D eigenvalue weighted by atomic mass is 16.2. The van der Waals surface area contributed by atoms with Crippen molar-refractivity contribution in [1.29, 1.82) is 0 Å². The molecule has 0 heterocycles. The molecule has 19 heavy (non-hydrogen) atoms. The minimum absolute atomic E-state index is 0.125. The van der Waals surface area contributed by atoms with Gasteiger partial charge in [0.25, 0.3) is 0 Å². The van der Waals surface area contributed by atoms with Gasteiger partial charge >= 0.3 is 0 Å². The first-order valence-corrected chi connectivity index (χ1v) is 7.03. The molecule has 1 aromatic carbocycles. The van der Waals surface area contributed by atoms with Crippen LogP contribution in [0.3, 0.4) is 0 Å². The predicted octanol–water partition coefficient (Wildman–Crippen LogP) is 2.21. The highest BCUT2D eigenvalue weighted by Crippen LogP contribution is 2.48. The molecule has 2 rings (SSSR count). The fraction of sp³-hybridized carbons (Fsp3) is 0.562. The Morgan fingerprint density at radius 3 is 2.37 bits per heavy atom. The van der Waals surface area contributed by atoms with Crippen molar-refractivity contribution in [3.63, 3.8) is 0 Å². The Kier molecular flexibility index (Phi) is 3.68. The summed E-state index contributed by atoms with van der Waals surface area (Å²) in [6.45, 7) is 6.67. The molecule has 3 heteroatoms. The highest BCUT2D eigenvalue weighted by Gasteiger charge is 2.52. The predicted molar refractivity (Wildman–Crippen MR) is 77.8 cm³/mol. The van der Waals surface area contributed by atoms with Crippen LogP contribution in [-0.4, -0.2) is 18.0 Å². The standard InChI is InChI=1S/C16H24N2O/c1-12(2)15(3,11-17)18-14(19)16(9-10-16)13-7-5-4-6-8-13/h4-8,12H,9-11,17H2,1-3H3,(H,18,19). The summed E-state index contributed by atoms with van der Waals surface area (Å²) in [6, 6.07) is 10.1. The maximum atomic E-state index is 12.6. The first kappa shape index (κ1) is 14.1. The van der Waals surface area contributed by atoms with Gasteiger partial charge in [-0.05, 0) is 31.2 Å². The molecule has 3 nitrogen and oxygen atoms in total. The van der Waals surface area contributed by atoms with Crippen LogP contribution in [-0.2, 0) is 10.2 Å². The molecule has 1 aliphatic carbocycles. The largest absolute Gasteiger partial charge is 0.349 e. The van der Waals surface area contributed by atoms with Crippen LogP contribution in [0.4, 0.5) is 0 Å². The van der Waals surface area contributed by atoms with Crippen LogP contribution in [0.25, 0.3) is 0 Å². The summed E-state index contributed by atoms with van der Waals surface area (Å²) < 4.78 is 0. The van der Waals surface area contributed by atoms with E-state index in [1.165, 1.54) is 0 Å². The maximum absolute atomic E-state index is 12.6. The number of carbonyl (C=O) groups excluding carboxylic acids is 1. The minimum Gasteiger partial charge on any atom is -0.349 e. The molecule has 1 aromatic rings. The van der Waals surface area contributed by atoms with E-state index in [0.29, 0.717) is 12.5 Å². The Labute approximate surface area is 115 Å². The smallest absolute Gasteiger partial charge is 0.231 e. The van der Waals surface area contributed by atoms with Gasteiger partial charge in [-0.25, -0.2) is 0 Å². The molecule has 0 aromatic heterocycles. The van der Waals surface area contributed by atoms with Gasteiger partial charge in [0.05, 0.1) is 11.0 Å². The van der Waals surface area contributed by atoms with Gasteiger partial charge in [-0.1, -0.05) is 44.2 Å². The second-order valence-electron chi connectivity index (χ2n) is 6.18. The molecule has 0 spiro atoms. The molecule has 3 N–H and O–H groups in total. The number of rotatable bonds is 5. The molecule has 1 unspecified atom stereocenters. The lowest BCUT2D eigenvalue weighted by molar-refractivity contribution is -0.125. The Balaban J connectivity index is 2.17. The van der Waals surface area contributed by atoms with E-state index in [2.05, 4.69) is 19.2 Å². The van der Waals surface area contributed by atoms with E-state index in [4.69, 9.17) is 5.73 Å². The fourth-order valence-electron chi connectivity index (χ4n) is 2.34. The first-order valence-electron chi connectivity index (χ1n) is 7.03. The Hall–Kier alpha value is -1.35. The molecule has 104 valence electrons. The van der Waals surface area contributed by atoms with Gasteiger partial charge in [-0.3, -0.25) is 4.79 Å². The number of benzene rings is 1. The summed E-state index contributed by atoms with van der Waals surface area (Å²) in [5.41, 5.74) is 6.32. The molecule has 1 amide bonds. The van der Waals surface area contributed by atoms with Crippen molar-refractivity contribution in [1.82, 2.24) is 5.32 Å². The highest BCUT2D eigenvalue weighted by molar-refractivity contribution is 5.91. The fourth-order valence-corrected chi connectivity index (χ4v) is 2.34. The van der Waals surface area contributed by atoms with Crippen LogP contribution >= 0.6 is 0 Å². The second-order valence-corrected chi connectivity index (χ2v) is 6.18. The summed E-state index contributed by atoms with van der Waals surface area (Å²) >= 11 is 0. The summed E-state index contributed by atoms with van der Waals surface area (Å²) in [7, 11) is 0. The number of nitrogens with one attached hydrogen (secondary N) is 1. The van der Waals surface area contributed by atoms with E-state index in [1.54, 1.807) is 0 Å². The third-order valence-corrected chi connectivity index (χ3v) is 4.61. The molecule has 0 bridgehead atoms. The third kappa shape index (κ3) is 2.52. The Morgan fingerprint density at radius 2 is 1.95 bits per heavy atom. The average molecular weight is 260 g/mol. The molecule has 1 atom stereocenters. The van der Waals surface area contributed by atoms with Crippen LogP contribution < -0.4 is 11.1 Å². The molecule has 0 radical (unpaired) electrons. The van der Waals surface area contributed by atoms with Crippen molar-refractivity contribution in [3.05, 3.63) is 35.9 Å². The molecular formula is C16H24N2O. The van der Waals surface area contributed by atoms with Crippen molar-refractivity contribution in [2.45, 2.75) is 44.6 Å². The van der Waals surface area contributed by atoms with E-state index in [-0.39, 0.29) is 16.9 Å². The summed E-state index contributed by atoms with van der Waals surface area (Å²) in [5.74, 6) is 0.438. The number of carbonyl (C=O) groups is 1. The van der Waals surface area contributed by atoms with Crippen LogP contribution in [0.5, 0.6) is 0 Å². The van der Waals surface area contributed by atoms with Crippen molar-refractivity contribution >= 4 is 5.91 Å². The van der Waals surface area contributed by atoms with E-state index >= 15 is 0 Å². The van der Waals surface area contributed by atoms with Crippen molar-refractivity contribution in [2.75, 3.05) is 6.54 Å². The second kappa shape index (κ2) is 4.97. The molecule has 1 fully saturated rings. The first-order chi connectivity index (χ1) is 8.94. The number of nitrogens with two attached hydrogens (primary N) is 1.